The SMILES string of the molecule is Nc1ccc(-c2ccc3c(c2)CN(C2CCC(=O)NC2=O)C3=O)nc1N. The maximum Gasteiger partial charge on any atom is 0.255 e. The quantitative estimate of drug-likeness (QED) is 0.682. The van der Waals surface area contributed by atoms with E-state index in [1.807, 2.05) is 6.07 Å². The van der Waals surface area contributed by atoms with E-state index in [0.29, 0.717) is 29.9 Å². The van der Waals surface area contributed by atoms with E-state index in [4.69, 9.17) is 11.5 Å². The number of nitrogens with zero attached hydrogens (tertiary/aromatic N) is 2. The molecule has 0 bridgehead atoms. The number of nitrogen functional groups attached to an aromatic ring is 2. The number of nitrogens with one attached hydrogen (secondary N) is 1. The van der Waals surface area contributed by atoms with Crippen LogP contribution < -0.4 is 16.8 Å². The summed E-state index contributed by atoms with van der Waals surface area (Å²) >= 11 is 0. The smallest absolute Gasteiger partial charge is 0.255 e. The molecular weight excluding hydrogens is 334 g/mol. The fourth-order valence-corrected chi connectivity index (χ4v) is 3.38. The molecule has 3 heterocycles. The molecule has 2 aliphatic rings. The van der Waals surface area contributed by atoms with E-state index in [-0.39, 0.29) is 24.1 Å². The summed E-state index contributed by atoms with van der Waals surface area (Å²) in [6.07, 6.45) is 0.573. The molecule has 8 nitrogen and oxygen atoms in total. The number of piperidine rings is 1. The van der Waals surface area contributed by atoms with Crippen molar-refractivity contribution in [3.63, 3.8) is 0 Å². The molecule has 4 rings (SSSR count). The highest BCUT2D eigenvalue weighted by molar-refractivity contribution is 6.05. The molecule has 1 atom stereocenters. The van der Waals surface area contributed by atoms with Crippen molar-refractivity contribution in [2.24, 2.45) is 0 Å². The van der Waals surface area contributed by atoms with Crippen LogP contribution in [0, 0.1) is 0 Å². The van der Waals surface area contributed by atoms with Gasteiger partial charge in [-0.15, -0.1) is 0 Å². The van der Waals surface area contributed by atoms with Crippen LogP contribution in [-0.2, 0) is 16.1 Å². The molecule has 1 aromatic carbocycles. The number of hydrogen-bond donors (Lipinski definition) is 3. The lowest BCUT2D eigenvalue weighted by Crippen LogP contribution is -2.52. The standard InChI is InChI=1S/C18H17N5O3/c19-12-3-4-13(21-16(12)20)9-1-2-11-10(7-9)8-23(18(11)26)14-5-6-15(24)22-17(14)25/h1-4,7,14H,5-6,8,19H2,(H2,20,21)(H,22,24,25). The van der Waals surface area contributed by atoms with Crippen LogP contribution in [0.3, 0.4) is 0 Å². The number of rotatable bonds is 2. The highest BCUT2D eigenvalue weighted by atomic mass is 16.2. The van der Waals surface area contributed by atoms with Crippen molar-refractivity contribution in [1.82, 2.24) is 15.2 Å². The fourth-order valence-electron chi connectivity index (χ4n) is 3.38. The predicted octanol–water partition coefficient (Wildman–Crippen LogP) is 0.674. The van der Waals surface area contributed by atoms with Crippen LogP contribution in [0.1, 0.15) is 28.8 Å². The molecule has 0 spiro atoms. The summed E-state index contributed by atoms with van der Waals surface area (Å²) in [5, 5.41) is 2.29. The van der Waals surface area contributed by atoms with Gasteiger partial charge in [0, 0.05) is 24.1 Å². The Morgan fingerprint density at radius 1 is 1.12 bits per heavy atom. The van der Waals surface area contributed by atoms with Gasteiger partial charge in [0.05, 0.1) is 11.4 Å². The molecule has 1 fully saturated rings. The zero-order chi connectivity index (χ0) is 18.4. The summed E-state index contributed by atoms with van der Waals surface area (Å²) < 4.78 is 0. The number of imide groups is 1. The molecule has 2 aromatic rings. The molecule has 132 valence electrons. The number of nitrogens with two attached hydrogens (primary N) is 2. The minimum atomic E-state index is -0.624. The minimum absolute atomic E-state index is 0.203. The molecular formula is C18H17N5O3. The normalized spacial score (nSPS) is 19.5. The van der Waals surface area contributed by atoms with Gasteiger partial charge < -0.3 is 16.4 Å². The third-order valence-electron chi connectivity index (χ3n) is 4.78. The third-order valence-corrected chi connectivity index (χ3v) is 4.78. The Kier molecular flexibility index (Phi) is 3.61. The fraction of sp³-hybridized carbons (Fsp3) is 0.222. The topological polar surface area (TPSA) is 131 Å². The largest absolute Gasteiger partial charge is 0.396 e. The van der Waals surface area contributed by atoms with Crippen molar-refractivity contribution < 1.29 is 14.4 Å². The lowest BCUT2D eigenvalue weighted by molar-refractivity contribution is -0.136. The first-order chi connectivity index (χ1) is 12.4. The van der Waals surface area contributed by atoms with E-state index in [1.54, 1.807) is 24.3 Å². The number of anilines is 2. The van der Waals surface area contributed by atoms with Gasteiger partial charge in [0.2, 0.25) is 11.8 Å². The van der Waals surface area contributed by atoms with Crippen LogP contribution >= 0.6 is 0 Å². The van der Waals surface area contributed by atoms with E-state index >= 15 is 0 Å². The summed E-state index contributed by atoms with van der Waals surface area (Å²) in [6.45, 7) is 0.318. The minimum Gasteiger partial charge on any atom is -0.396 e. The molecule has 1 aromatic heterocycles. The molecule has 3 amide bonds. The number of pyridine rings is 1. The Bertz CT molecular complexity index is 956. The van der Waals surface area contributed by atoms with E-state index < -0.39 is 11.9 Å². The molecule has 0 aliphatic carbocycles. The lowest BCUT2D eigenvalue weighted by Gasteiger charge is -2.29. The molecule has 5 N–H and O–H groups in total. The number of amides is 3. The summed E-state index contributed by atoms with van der Waals surface area (Å²) in [5.41, 5.74) is 14.7. The zero-order valence-electron chi connectivity index (χ0n) is 13.9. The zero-order valence-corrected chi connectivity index (χ0v) is 13.9. The summed E-state index contributed by atoms with van der Waals surface area (Å²) in [5.74, 6) is -0.671. The second-order valence-electron chi connectivity index (χ2n) is 6.44. The van der Waals surface area contributed by atoms with Crippen LogP contribution in [0.5, 0.6) is 0 Å². The number of carbonyl (C=O) groups is 3. The second kappa shape index (κ2) is 5.83. The van der Waals surface area contributed by atoms with Gasteiger partial charge in [-0.3, -0.25) is 19.7 Å². The number of fused-ring (bicyclic) bond motifs is 1. The van der Waals surface area contributed by atoms with Crippen molar-refractivity contribution in [2.45, 2.75) is 25.4 Å². The summed E-state index contributed by atoms with van der Waals surface area (Å²) in [6, 6.07) is 8.22. The molecule has 0 radical (unpaired) electrons. The van der Waals surface area contributed by atoms with Gasteiger partial charge in [-0.25, -0.2) is 4.98 Å². The van der Waals surface area contributed by atoms with Crippen LogP contribution in [-0.4, -0.2) is 33.6 Å². The van der Waals surface area contributed by atoms with Crippen molar-refractivity contribution >= 4 is 29.2 Å². The van der Waals surface area contributed by atoms with Gasteiger partial charge in [-0.1, -0.05) is 6.07 Å². The summed E-state index contributed by atoms with van der Waals surface area (Å²) in [7, 11) is 0. The van der Waals surface area contributed by atoms with E-state index in [1.165, 1.54) is 4.90 Å². The van der Waals surface area contributed by atoms with E-state index in [9.17, 15) is 14.4 Å². The molecule has 0 saturated carbocycles. The van der Waals surface area contributed by atoms with Crippen LogP contribution in [0.2, 0.25) is 0 Å². The van der Waals surface area contributed by atoms with Gasteiger partial charge in [0.15, 0.2) is 0 Å². The van der Waals surface area contributed by atoms with Crippen molar-refractivity contribution in [3.8, 4) is 11.3 Å². The molecule has 1 unspecified atom stereocenters. The molecule has 1 saturated heterocycles. The maximum absolute atomic E-state index is 12.7. The first kappa shape index (κ1) is 16.1. The van der Waals surface area contributed by atoms with Gasteiger partial charge in [-0.05, 0) is 36.2 Å². The number of hydrogen-bond acceptors (Lipinski definition) is 6. The van der Waals surface area contributed by atoms with Gasteiger partial charge in [0.25, 0.3) is 5.91 Å². The third kappa shape index (κ3) is 2.55. The summed E-state index contributed by atoms with van der Waals surface area (Å²) in [4.78, 5) is 41.9. The van der Waals surface area contributed by atoms with Crippen molar-refractivity contribution in [3.05, 3.63) is 41.5 Å². The average molecular weight is 351 g/mol. The van der Waals surface area contributed by atoms with Gasteiger partial charge in [0.1, 0.15) is 11.9 Å². The first-order valence-corrected chi connectivity index (χ1v) is 8.24. The highest BCUT2D eigenvalue weighted by Gasteiger charge is 2.39. The highest BCUT2D eigenvalue weighted by Crippen LogP contribution is 2.31. The molecule has 2 aliphatic heterocycles. The number of aromatic nitrogens is 1. The molecule has 26 heavy (non-hydrogen) atoms. The van der Waals surface area contributed by atoms with E-state index in [2.05, 4.69) is 10.3 Å². The Morgan fingerprint density at radius 2 is 1.92 bits per heavy atom. The monoisotopic (exact) mass is 351 g/mol. The van der Waals surface area contributed by atoms with Crippen LogP contribution in [0.25, 0.3) is 11.3 Å². The molecule has 8 heteroatoms. The van der Waals surface area contributed by atoms with Crippen LogP contribution in [0.4, 0.5) is 11.5 Å². The van der Waals surface area contributed by atoms with Crippen molar-refractivity contribution in [2.75, 3.05) is 11.5 Å². The predicted molar refractivity (Wildman–Crippen MR) is 94.5 cm³/mol. The van der Waals surface area contributed by atoms with Gasteiger partial charge >= 0.3 is 0 Å². The Balaban J connectivity index is 1.63. The van der Waals surface area contributed by atoms with Crippen molar-refractivity contribution in [1.29, 1.82) is 0 Å². The number of carbonyl (C=O) groups excluding carboxylic acids is 3. The van der Waals surface area contributed by atoms with Gasteiger partial charge in [-0.2, -0.15) is 0 Å². The Hall–Kier alpha value is -3.42. The second-order valence-corrected chi connectivity index (χ2v) is 6.44. The Morgan fingerprint density at radius 3 is 2.65 bits per heavy atom. The average Bonchev–Trinajstić information content (AvgIpc) is 2.93. The maximum atomic E-state index is 12.7. The Labute approximate surface area is 149 Å². The van der Waals surface area contributed by atoms with E-state index in [0.717, 1.165) is 11.1 Å². The first-order valence-electron chi connectivity index (χ1n) is 8.24. The number of benzene rings is 1. The van der Waals surface area contributed by atoms with Crippen LogP contribution in [0.15, 0.2) is 30.3 Å². The lowest BCUT2D eigenvalue weighted by atomic mass is 10.0.